The highest BCUT2D eigenvalue weighted by Gasteiger charge is 2.26. The van der Waals surface area contributed by atoms with E-state index in [4.69, 9.17) is 0 Å². The molecule has 0 spiro atoms. The average molecular weight is 312 g/mol. The summed E-state index contributed by atoms with van der Waals surface area (Å²) in [6, 6.07) is 9.10. The van der Waals surface area contributed by atoms with Crippen LogP contribution in [0.5, 0.6) is 0 Å². The molecule has 0 N–H and O–H groups in total. The molecule has 1 atom stereocenters. The van der Waals surface area contributed by atoms with E-state index in [1.165, 1.54) is 11.3 Å². The second kappa shape index (κ2) is 8.19. The van der Waals surface area contributed by atoms with Crippen molar-refractivity contribution in [3.63, 3.8) is 0 Å². The smallest absolute Gasteiger partial charge is 0.0443 e. The normalized spacial score (nSPS) is 13.9. The van der Waals surface area contributed by atoms with Crippen LogP contribution in [0.1, 0.15) is 59.9 Å². The Kier molecular flexibility index (Phi) is 6.87. The number of hydrogen-bond donors (Lipinski definition) is 0. The van der Waals surface area contributed by atoms with Gasteiger partial charge in [-0.05, 0) is 42.9 Å². The van der Waals surface area contributed by atoms with Crippen LogP contribution in [0.15, 0.2) is 60.8 Å². The summed E-state index contributed by atoms with van der Waals surface area (Å²) in [6.07, 6.45) is 8.39. The van der Waals surface area contributed by atoms with Crippen molar-refractivity contribution in [2.24, 2.45) is 5.41 Å². The number of hydrogen-bond acceptors (Lipinski definition) is 1. The van der Waals surface area contributed by atoms with Gasteiger partial charge in [-0.25, -0.2) is 0 Å². The fraction of sp³-hybridized carbons (Fsp3) is 0.455. The molecule has 0 saturated heterocycles. The molecule has 126 valence electrons. The summed E-state index contributed by atoms with van der Waals surface area (Å²) >= 11 is 0. The van der Waals surface area contributed by atoms with Crippen molar-refractivity contribution >= 4 is 5.69 Å². The quantitative estimate of drug-likeness (QED) is 0.528. The van der Waals surface area contributed by atoms with Gasteiger partial charge in [0.25, 0.3) is 0 Å². The molecule has 0 aliphatic heterocycles. The van der Waals surface area contributed by atoms with Crippen molar-refractivity contribution in [1.29, 1.82) is 0 Å². The standard InChI is InChI=1S/C22H33N/c1-17(2)13-11-12-16-23(19(5)22(6,7)8)21-15-10-9-14-20(21)18(3)4/h9-16,18-19H,1H2,2-8H3/b13-11-,16-12-. The van der Waals surface area contributed by atoms with Gasteiger partial charge in [0.2, 0.25) is 0 Å². The van der Waals surface area contributed by atoms with E-state index in [1.807, 2.05) is 13.0 Å². The first kappa shape index (κ1) is 19.3. The van der Waals surface area contributed by atoms with Crippen molar-refractivity contribution in [2.75, 3.05) is 4.90 Å². The number of anilines is 1. The van der Waals surface area contributed by atoms with Gasteiger partial charge < -0.3 is 4.90 Å². The van der Waals surface area contributed by atoms with Gasteiger partial charge in [0.05, 0.1) is 0 Å². The van der Waals surface area contributed by atoms with E-state index < -0.39 is 0 Å². The highest BCUT2D eigenvalue weighted by atomic mass is 15.2. The Labute approximate surface area is 143 Å². The number of rotatable bonds is 6. The first-order valence-corrected chi connectivity index (χ1v) is 8.52. The molecule has 0 fully saturated rings. The van der Waals surface area contributed by atoms with Gasteiger partial charge in [-0.2, -0.15) is 0 Å². The monoisotopic (exact) mass is 311 g/mol. The summed E-state index contributed by atoms with van der Waals surface area (Å²) in [7, 11) is 0. The van der Waals surface area contributed by atoms with E-state index in [2.05, 4.69) is 95.6 Å². The van der Waals surface area contributed by atoms with Crippen LogP contribution in [0.2, 0.25) is 0 Å². The first-order valence-electron chi connectivity index (χ1n) is 8.52. The molecule has 0 radical (unpaired) electrons. The third kappa shape index (κ3) is 5.74. The summed E-state index contributed by atoms with van der Waals surface area (Å²) < 4.78 is 0. The molecule has 0 aromatic heterocycles. The molecule has 0 aliphatic carbocycles. The van der Waals surface area contributed by atoms with Crippen LogP contribution in [0.3, 0.4) is 0 Å². The van der Waals surface area contributed by atoms with Gasteiger partial charge in [-0.1, -0.05) is 77.1 Å². The summed E-state index contributed by atoms with van der Waals surface area (Å²) in [5.41, 5.74) is 3.93. The molecule has 0 saturated carbocycles. The van der Waals surface area contributed by atoms with Crippen molar-refractivity contribution in [1.82, 2.24) is 0 Å². The van der Waals surface area contributed by atoms with E-state index in [0.29, 0.717) is 12.0 Å². The lowest BCUT2D eigenvalue weighted by Crippen LogP contribution is -2.39. The molecule has 0 heterocycles. The van der Waals surface area contributed by atoms with Gasteiger partial charge in [0, 0.05) is 17.9 Å². The zero-order chi connectivity index (χ0) is 17.6. The topological polar surface area (TPSA) is 3.24 Å². The molecule has 0 aliphatic rings. The van der Waals surface area contributed by atoms with Crippen LogP contribution in [-0.4, -0.2) is 6.04 Å². The van der Waals surface area contributed by atoms with E-state index in [0.717, 1.165) is 5.57 Å². The number of nitrogens with zero attached hydrogens (tertiary/aromatic N) is 1. The Morgan fingerprint density at radius 3 is 2.22 bits per heavy atom. The molecular formula is C22H33N. The summed E-state index contributed by atoms with van der Waals surface area (Å²) in [5.74, 6) is 0.500. The Bertz CT molecular complexity index is 570. The van der Waals surface area contributed by atoms with Gasteiger partial charge in [-0.3, -0.25) is 0 Å². The number of benzene rings is 1. The van der Waals surface area contributed by atoms with Crippen LogP contribution in [0, 0.1) is 5.41 Å². The predicted octanol–water partition coefficient (Wildman–Crippen LogP) is 6.70. The number of para-hydroxylation sites is 1. The Morgan fingerprint density at radius 1 is 1.09 bits per heavy atom. The molecule has 1 nitrogen and oxygen atoms in total. The maximum atomic E-state index is 3.91. The second-order valence-corrected chi connectivity index (χ2v) is 7.71. The van der Waals surface area contributed by atoms with Gasteiger partial charge in [0.15, 0.2) is 0 Å². The van der Waals surface area contributed by atoms with Gasteiger partial charge in [0.1, 0.15) is 0 Å². The van der Waals surface area contributed by atoms with Crippen LogP contribution in [-0.2, 0) is 0 Å². The number of allylic oxidation sites excluding steroid dienone is 4. The van der Waals surface area contributed by atoms with Gasteiger partial charge >= 0.3 is 0 Å². The average Bonchev–Trinajstić information content (AvgIpc) is 2.45. The fourth-order valence-electron chi connectivity index (χ4n) is 2.41. The second-order valence-electron chi connectivity index (χ2n) is 7.71. The Morgan fingerprint density at radius 2 is 1.70 bits per heavy atom. The van der Waals surface area contributed by atoms with Crippen molar-refractivity contribution in [3.05, 3.63) is 66.4 Å². The Balaban J connectivity index is 3.27. The summed E-state index contributed by atoms with van der Waals surface area (Å²) in [6.45, 7) is 19.6. The third-order valence-electron chi connectivity index (χ3n) is 4.25. The zero-order valence-electron chi connectivity index (χ0n) is 15.9. The molecule has 1 heteroatoms. The van der Waals surface area contributed by atoms with Crippen molar-refractivity contribution in [2.45, 2.75) is 60.4 Å². The maximum absolute atomic E-state index is 3.91. The summed E-state index contributed by atoms with van der Waals surface area (Å²) in [4.78, 5) is 2.40. The molecular weight excluding hydrogens is 278 g/mol. The first-order chi connectivity index (χ1) is 10.6. The molecule has 1 unspecified atom stereocenters. The van der Waals surface area contributed by atoms with Crippen LogP contribution < -0.4 is 4.90 Å². The van der Waals surface area contributed by atoms with Crippen molar-refractivity contribution < 1.29 is 0 Å². The van der Waals surface area contributed by atoms with Gasteiger partial charge in [-0.15, -0.1) is 0 Å². The zero-order valence-corrected chi connectivity index (χ0v) is 15.9. The van der Waals surface area contributed by atoms with E-state index >= 15 is 0 Å². The van der Waals surface area contributed by atoms with E-state index in [9.17, 15) is 0 Å². The van der Waals surface area contributed by atoms with Crippen molar-refractivity contribution in [3.8, 4) is 0 Å². The molecule has 0 bridgehead atoms. The molecule has 23 heavy (non-hydrogen) atoms. The Hall–Kier alpha value is -1.76. The van der Waals surface area contributed by atoms with Crippen LogP contribution in [0.25, 0.3) is 0 Å². The third-order valence-corrected chi connectivity index (χ3v) is 4.25. The predicted molar refractivity (Wildman–Crippen MR) is 105 cm³/mol. The molecule has 1 aromatic rings. The summed E-state index contributed by atoms with van der Waals surface area (Å²) in [5, 5.41) is 0. The highest BCUT2D eigenvalue weighted by Crippen LogP contribution is 2.34. The molecule has 1 aromatic carbocycles. The van der Waals surface area contributed by atoms with Crippen LogP contribution >= 0.6 is 0 Å². The van der Waals surface area contributed by atoms with Crippen LogP contribution in [0.4, 0.5) is 5.69 Å². The van der Waals surface area contributed by atoms with E-state index in [-0.39, 0.29) is 5.41 Å². The highest BCUT2D eigenvalue weighted by molar-refractivity contribution is 5.58. The minimum atomic E-state index is 0.187. The minimum Gasteiger partial charge on any atom is -0.344 e. The fourth-order valence-corrected chi connectivity index (χ4v) is 2.41. The molecule has 0 amide bonds. The maximum Gasteiger partial charge on any atom is 0.0443 e. The SMILES string of the molecule is C=C(C)/C=C\C=C/N(c1ccccc1C(C)C)C(C)C(C)(C)C. The lowest BCUT2D eigenvalue weighted by atomic mass is 9.86. The lowest BCUT2D eigenvalue weighted by Gasteiger charge is -2.38. The largest absolute Gasteiger partial charge is 0.344 e. The molecule has 1 rings (SSSR count). The van der Waals surface area contributed by atoms with E-state index in [1.54, 1.807) is 0 Å². The lowest BCUT2D eigenvalue weighted by molar-refractivity contribution is 0.334. The minimum absolute atomic E-state index is 0.187.